The first-order valence-electron chi connectivity index (χ1n) is 6.56. The quantitative estimate of drug-likeness (QED) is 0.839. The number of benzene rings is 1. The van der Waals surface area contributed by atoms with E-state index in [1.165, 1.54) is 12.8 Å². The molecule has 1 amide bonds. The molecule has 1 N–H and O–H groups in total. The summed E-state index contributed by atoms with van der Waals surface area (Å²) in [7, 11) is 0. The Morgan fingerprint density at radius 3 is 2.53 bits per heavy atom. The first-order valence-corrected chi connectivity index (χ1v) is 6.94. The number of aryl methyl sites for hydroxylation is 1. The maximum atomic E-state index is 11.8. The predicted octanol–water partition coefficient (Wildman–Crippen LogP) is 4.87. The second-order valence-electron chi connectivity index (χ2n) is 6.09. The maximum Gasteiger partial charge on any atom is 0.412 e. The highest BCUT2D eigenvalue weighted by atomic mass is 35.5. The first kappa shape index (κ1) is 14.2. The van der Waals surface area contributed by atoms with Crippen molar-refractivity contribution in [2.75, 3.05) is 5.32 Å². The summed E-state index contributed by atoms with van der Waals surface area (Å²) in [6.07, 6.45) is 1.92. The van der Waals surface area contributed by atoms with E-state index in [9.17, 15) is 4.79 Å². The SMILES string of the molecule is Cc1cc(Cl)c(C2CC2)cc1NC(=O)OC(C)(C)C. The number of carbonyl (C=O) groups excluding carboxylic acids is 1. The third-order valence-electron chi connectivity index (χ3n) is 3.00. The van der Waals surface area contributed by atoms with Crippen LogP contribution in [0.3, 0.4) is 0 Å². The summed E-state index contributed by atoms with van der Waals surface area (Å²) in [5.41, 5.74) is 2.35. The fourth-order valence-corrected chi connectivity index (χ4v) is 2.32. The van der Waals surface area contributed by atoms with E-state index in [1.807, 2.05) is 39.8 Å². The van der Waals surface area contributed by atoms with E-state index in [0.717, 1.165) is 21.8 Å². The Kier molecular flexibility index (Phi) is 3.77. The molecule has 0 aromatic heterocycles. The standard InChI is InChI=1S/C15H20ClNO2/c1-9-7-12(16)11(10-5-6-10)8-13(9)17-14(18)19-15(2,3)4/h7-8,10H,5-6H2,1-4H3,(H,17,18). The zero-order chi connectivity index (χ0) is 14.2. The number of nitrogens with one attached hydrogen (secondary N) is 1. The molecule has 3 nitrogen and oxygen atoms in total. The summed E-state index contributed by atoms with van der Waals surface area (Å²) in [5, 5.41) is 3.58. The molecule has 19 heavy (non-hydrogen) atoms. The van der Waals surface area contributed by atoms with Gasteiger partial charge in [-0.1, -0.05) is 11.6 Å². The van der Waals surface area contributed by atoms with Crippen LogP contribution < -0.4 is 5.32 Å². The van der Waals surface area contributed by atoms with Crippen LogP contribution in [0.25, 0.3) is 0 Å². The van der Waals surface area contributed by atoms with Crippen molar-refractivity contribution in [2.45, 2.75) is 52.1 Å². The van der Waals surface area contributed by atoms with E-state index < -0.39 is 11.7 Å². The molecule has 1 fully saturated rings. The normalized spacial score (nSPS) is 15.2. The minimum atomic E-state index is -0.496. The Balaban J connectivity index is 2.15. The summed E-state index contributed by atoms with van der Waals surface area (Å²) < 4.78 is 5.26. The number of hydrogen-bond acceptors (Lipinski definition) is 2. The van der Waals surface area contributed by atoms with Crippen molar-refractivity contribution >= 4 is 23.4 Å². The smallest absolute Gasteiger partial charge is 0.412 e. The zero-order valence-electron chi connectivity index (χ0n) is 11.8. The van der Waals surface area contributed by atoms with E-state index in [-0.39, 0.29) is 0 Å². The average molecular weight is 282 g/mol. The molecule has 1 aliphatic carbocycles. The molecule has 2 rings (SSSR count). The van der Waals surface area contributed by atoms with Crippen molar-refractivity contribution in [3.05, 3.63) is 28.3 Å². The monoisotopic (exact) mass is 281 g/mol. The van der Waals surface area contributed by atoms with E-state index in [2.05, 4.69) is 5.32 Å². The average Bonchev–Trinajstić information content (AvgIpc) is 3.02. The van der Waals surface area contributed by atoms with E-state index >= 15 is 0 Å². The second-order valence-corrected chi connectivity index (χ2v) is 6.50. The van der Waals surface area contributed by atoms with Crippen LogP contribution >= 0.6 is 11.6 Å². The van der Waals surface area contributed by atoms with Gasteiger partial charge in [0.15, 0.2) is 0 Å². The van der Waals surface area contributed by atoms with Crippen LogP contribution in [-0.2, 0) is 4.74 Å². The zero-order valence-corrected chi connectivity index (χ0v) is 12.6. The molecular weight excluding hydrogens is 262 g/mol. The Labute approximate surface area is 119 Å². The van der Waals surface area contributed by atoms with Gasteiger partial charge in [-0.05, 0) is 69.7 Å². The summed E-state index contributed by atoms with van der Waals surface area (Å²) >= 11 is 6.24. The Morgan fingerprint density at radius 2 is 2.00 bits per heavy atom. The van der Waals surface area contributed by atoms with E-state index in [1.54, 1.807) is 0 Å². The minimum Gasteiger partial charge on any atom is -0.444 e. The number of halogens is 1. The molecule has 4 heteroatoms. The van der Waals surface area contributed by atoms with Gasteiger partial charge in [-0.2, -0.15) is 0 Å². The highest BCUT2D eigenvalue weighted by molar-refractivity contribution is 6.31. The van der Waals surface area contributed by atoms with Gasteiger partial charge in [-0.3, -0.25) is 5.32 Å². The maximum absolute atomic E-state index is 11.8. The lowest BCUT2D eigenvalue weighted by Crippen LogP contribution is -2.27. The van der Waals surface area contributed by atoms with Crippen molar-refractivity contribution in [1.29, 1.82) is 0 Å². The van der Waals surface area contributed by atoms with Crippen LogP contribution in [0.4, 0.5) is 10.5 Å². The van der Waals surface area contributed by atoms with E-state index in [0.29, 0.717) is 5.92 Å². The van der Waals surface area contributed by atoms with Gasteiger partial charge < -0.3 is 4.74 Å². The number of carbonyl (C=O) groups is 1. The highest BCUT2D eigenvalue weighted by Crippen LogP contribution is 2.44. The van der Waals surface area contributed by atoms with Gasteiger partial charge in [0.1, 0.15) is 5.60 Å². The lowest BCUT2D eigenvalue weighted by molar-refractivity contribution is 0.0636. The summed E-state index contributed by atoms with van der Waals surface area (Å²) in [5.74, 6) is 0.548. The van der Waals surface area contributed by atoms with Crippen LogP contribution in [0.1, 0.15) is 50.7 Å². The third kappa shape index (κ3) is 3.87. The van der Waals surface area contributed by atoms with E-state index in [4.69, 9.17) is 16.3 Å². The summed E-state index contributed by atoms with van der Waals surface area (Å²) in [4.78, 5) is 11.8. The van der Waals surface area contributed by atoms with Crippen LogP contribution in [0.15, 0.2) is 12.1 Å². The molecule has 1 saturated carbocycles. The van der Waals surface area contributed by atoms with Crippen LogP contribution in [0.2, 0.25) is 5.02 Å². The van der Waals surface area contributed by atoms with Gasteiger partial charge in [0.2, 0.25) is 0 Å². The van der Waals surface area contributed by atoms with Crippen molar-refractivity contribution in [1.82, 2.24) is 0 Å². The number of amides is 1. The molecule has 1 aromatic rings. The fraction of sp³-hybridized carbons (Fsp3) is 0.533. The molecule has 0 spiro atoms. The number of ether oxygens (including phenoxy) is 1. The van der Waals surface area contributed by atoms with Gasteiger partial charge in [-0.15, -0.1) is 0 Å². The van der Waals surface area contributed by atoms with Crippen LogP contribution in [-0.4, -0.2) is 11.7 Å². The topological polar surface area (TPSA) is 38.3 Å². The Hall–Kier alpha value is -1.22. The van der Waals surface area contributed by atoms with Crippen molar-refractivity contribution in [3.8, 4) is 0 Å². The third-order valence-corrected chi connectivity index (χ3v) is 3.32. The minimum absolute atomic E-state index is 0.431. The van der Waals surface area contributed by atoms with Crippen molar-refractivity contribution in [2.24, 2.45) is 0 Å². The Morgan fingerprint density at radius 1 is 1.37 bits per heavy atom. The molecule has 104 valence electrons. The predicted molar refractivity (Wildman–Crippen MR) is 78.0 cm³/mol. The number of rotatable bonds is 2. The molecule has 0 unspecified atom stereocenters. The number of anilines is 1. The van der Waals surface area contributed by atoms with Gasteiger partial charge in [0, 0.05) is 10.7 Å². The van der Waals surface area contributed by atoms with Gasteiger partial charge in [-0.25, -0.2) is 4.79 Å². The lowest BCUT2D eigenvalue weighted by Gasteiger charge is -2.20. The molecule has 0 radical (unpaired) electrons. The molecule has 0 aliphatic heterocycles. The second kappa shape index (κ2) is 5.04. The molecule has 0 heterocycles. The molecule has 0 atom stereocenters. The molecule has 1 aliphatic rings. The molecule has 0 saturated heterocycles. The molecule has 0 bridgehead atoms. The first-order chi connectivity index (χ1) is 8.76. The van der Waals surface area contributed by atoms with Crippen molar-refractivity contribution < 1.29 is 9.53 Å². The van der Waals surface area contributed by atoms with Crippen LogP contribution in [0, 0.1) is 6.92 Å². The molecular formula is C15H20ClNO2. The fourth-order valence-electron chi connectivity index (χ4n) is 1.94. The Bertz CT molecular complexity index is 502. The summed E-state index contributed by atoms with van der Waals surface area (Å²) in [6, 6.07) is 3.88. The largest absolute Gasteiger partial charge is 0.444 e. The molecule has 1 aromatic carbocycles. The lowest BCUT2D eigenvalue weighted by atomic mass is 10.1. The highest BCUT2D eigenvalue weighted by Gasteiger charge is 2.27. The van der Waals surface area contributed by atoms with Crippen molar-refractivity contribution in [3.63, 3.8) is 0 Å². The number of hydrogen-bond donors (Lipinski definition) is 1. The van der Waals surface area contributed by atoms with Gasteiger partial charge in [0.25, 0.3) is 0 Å². The van der Waals surface area contributed by atoms with Crippen LogP contribution in [0.5, 0.6) is 0 Å². The summed E-state index contributed by atoms with van der Waals surface area (Å²) in [6.45, 7) is 7.46. The van der Waals surface area contributed by atoms with Gasteiger partial charge >= 0.3 is 6.09 Å². The van der Waals surface area contributed by atoms with Gasteiger partial charge in [0.05, 0.1) is 0 Å².